The van der Waals surface area contributed by atoms with Crippen molar-refractivity contribution < 1.29 is 14.7 Å². The van der Waals surface area contributed by atoms with Gasteiger partial charge in [-0.25, -0.2) is 0 Å². The van der Waals surface area contributed by atoms with Crippen LogP contribution in [0.4, 0.5) is 0 Å². The van der Waals surface area contributed by atoms with Crippen molar-refractivity contribution in [3.05, 3.63) is 11.1 Å². The molecule has 0 aromatic carbocycles. The van der Waals surface area contributed by atoms with Crippen LogP contribution in [0.5, 0.6) is 0 Å². The van der Waals surface area contributed by atoms with Crippen molar-refractivity contribution >= 4 is 11.9 Å². The Hall–Kier alpha value is -1.32. The van der Waals surface area contributed by atoms with Gasteiger partial charge in [0.1, 0.15) is 0 Å². The number of hydrogen-bond donors (Lipinski definition) is 1. The van der Waals surface area contributed by atoms with E-state index in [9.17, 15) is 9.59 Å². The van der Waals surface area contributed by atoms with Crippen LogP contribution in [0, 0.1) is 11.8 Å². The third-order valence-electron chi connectivity index (χ3n) is 4.26. The molecule has 1 aliphatic heterocycles. The number of likely N-dealkylation sites (tertiary alicyclic amines) is 1. The van der Waals surface area contributed by atoms with E-state index in [0.717, 1.165) is 24.8 Å². The molecular weight excluding hydrogens is 230 g/mol. The maximum Gasteiger partial charge on any atom is 0.306 e. The van der Waals surface area contributed by atoms with Crippen LogP contribution in [0.15, 0.2) is 11.1 Å². The Labute approximate surface area is 108 Å². The molecule has 1 N–H and O–H groups in total. The molecule has 2 unspecified atom stereocenters. The summed E-state index contributed by atoms with van der Waals surface area (Å²) in [5.74, 6) is -0.846. The number of nitrogens with zero attached hydrogens (tertiary/aromatic N) is 1. The second-order valence-electron chi connectivity index (χ2n) is 5.57. The van der Waals surface area contributed by atoms with Crippen LogP contribution in [0.1, 0.15) is 39.5 Å². The van der Waals surface area contributed by atoms with E-state index >= 15 is 0 Å². The van der Waals surface area contributed by atoms with Crippen LogP contribution in [0.3, 0.4) is 0 Å². The smallest absolute Gasteiger partial charge is 0.306 e. The summed E-state index contributed by atoms with van der Waals surface area (Å²) in [7, 11) is 0. The molecule has 0 aromatic heterocycles. The third-order valence-corrected chi connectivity index (χ3v) is 4.26. The minimum atomic E-state index is -0.731. The van der Waals surface area contributed by atoms with E-state index in [4.69, 9.17) is 5.11 Å². The van der Waals surface area contributed by atoms with E-state index in [1.807, 2.05) is 18.7 Å². The molecule has 18 heavy (non-hydrogen) atoms. The van der Waals surface area contributed by atoms with Gasteiger partial charge in [-0.15, -0.1) is 0 Å². The highest BCUT2D eigenvalue weighted by molar-refractivity contribution is 5.94. The van der Waals surface area contributed by atoms with E-state index in [1.165, 1.54) is 5.57 Å². The highest BCUT2D eigenvalue weighted by Crippen LogP contribution is 2.30. The molecule has 2 aliphatic rings. The van der Waals surface area contributed by atoms with Crippen molar-refractivity contribution in [2.24, 2.45) is 11.8 Å². The van der Waals surface area contributed by atoms with Crippen LogP contribution >= 0.6 is 0 Å². The Balaban J connectivity index is 2.02. The van der Waals surface area contributed by atoms with Gasteiger partial charge in [0.15, 0.2) is 0 Å². The normalized spacial score (nSPS) is 28.7. The zero-order valence-corrected chi connectivity index (χ0v) is 11.1. The lowest BCUT2D eigenvalue weighted by molar-refractivity contribution is -0.147. The largest absolute Gasteiger partial charge is 0.481 e. The maximum absolute atomic E-state index is 12.4. The van der Waals surface area contributed by atoms with Gasteiger partial charge in [-0.2, -0.15) is 0 Å². The lowest BCUT2D eigenvalue weighted by Crippen LogP contribution is -2.45. The van der Waals surface area contributed by atoms with Crippen LogP contribution in [0.2, 0.25) is 0 Å². The second kappa shape index (κ2) is 5.12. The number of aliphatic carboxylic acids is 1. The van der Waals surface area contributed by atoms with E-state index in [2.05, 4.69) is 0 Å². The lowest BCUT2D eigenvalue weighted by Gasteiger charge is -2.35. The van der Waals surface area contributed by atoms with Crippen molar-refractivity contribution in [3.8, 4) is 0 Å². The second-order valence-corrected chi connectivity index (χ2v) is 5.57. The summed E-state index contributed by atoms with van der Waals surface area (Å²) in [6.07, 6.45) is 3.57. The highest BCUT2D eigenvalue weighted by Gasteiger charge is 2.34. The maximum atomic E-state index is 12.4. The van der Waals surface area contributed by atoms with E-state index in [-0.39, 0.29) is 17.7 Å². The topological polar surface area (TPSA) is 57.6 Å². The molecule has 1 saturated heterocycles. The summed E-state index contributed by atoms with van der Waals surface area (Å²) in [4.78, 5) is 25.2. The average molecular weight is 251 g/mol. The van der Waals surface area contributed by atoms with Gasteiger partial charge >= 0.3 is 5.97 Å². The number of piperidine rings is 1. The molecule has 1 heterocycles. The van der Waals surface area contributed by atoms with Gasteiger partial charge < -0.3 is 10.0 Å². The zero-order valence-electron chi connectivity index (χ0n) is 11.1. The number of amides is 1. The van der Waals surface area contributed by atoms with Crippen LogP contribution in [0.25, 0.3) is 0 Å². The van der Waals surface area contributed by atoms with E-state index in [1.54, 1.807) is 0 Å². The average Bonchev–Trinajstić information content (AvgIpc) is 2.74. The van der Waals surface area contributed by atoms with Crippen molar-refractivity contribution in [1.82, 2.24) is 4.90 Å². The van der Waals surface area contributed by atoms with Gasteiger partial charge in [-0.3, -0.25) is 9.59 Å². The van der Waals surface area contributed by atoms with Crippen LogP contribution in [-0.2, 0) is 9.59 Å². The van der Waals surface area contributed by atoms with Gasteiger partial charge in [-0.05, 0) is 38.5 Å². The first-order chi connectivity index (χ1) is 8.50. The predicted molar refractivity (Wildman–Crippen MR) is 68.0 cm³/mol. The Bertz CT molecular complexity index is 400. The molecular formula is C14H21NO3. The van der Waals surface area contributed by atoms with Gasteiger partial charge in [0.2, 0.25) is 5.91 Å². The quantitative estimate of drug-likeness (QED) is 0.817. The first-order valence-electron chi connectivity index (χ1n) is 6.71. The SMILES string of the molecule is CC1=C(C(=O)N2CCC(C(=O)O)C(C)C2)CCC1. The summed E-state index contributed by atoms with van der Waals surface area (Å²) in [5, 5.41) is 9.07. The van der Waals surface area contributed by atoms with Crippen LogP contribution < -0.4 is 0 Å². The highest BCUT2D eigenvalue weighted by atomic mass is 16.4. The fourth-order valence-corrected chi connectivity index (χ4v) is 3.07. The van der Waals surface area contributed by atoms with Crippen molar-refractivity contribution in [2.45, 2.75) is 39.5 Å². The third kappa shape index (κ3) is 2.42. The molecule has 0 radical (unpaired) electrons. The first kappa shape index (κ1) is 13.1. The summed E-state index contributed by atoms with van der Waals surface area (Å²) < 4.78 is 0. The van der Waals surface area contributed by atoms with Crippen molar-refractivity contribution in [1.29, 1.82) is 0 Å². The molecule has 0 saturated carbocycles. The van der Waals surface area contributed by atoms with Crippen molar-refractivity contribution in [2.75, 3.05) is 13.1 Å². The molecule has 2 rings (SSSR count). The molecule has 1 aliphatic carbocycles. The summed E-state index contributed by atoms with van der Waals surface area (Å²) in [6, 6.07) is 0. The molecule has 1 fully saturated rings. The molecule has 4 nitrogen and oxygen atoms in total. The van der Waals surface area contributed by atoms with Gasteiger partial charge in [0.05, 0.1) is 5.92 Å². The minimum absolute atomic E-state index is 0.0440. The summed E-state index contributed by atoms with van der Waals surface area (Å²) >= 11 is 0. The number of carboxylic acids is 1. The first-order valence-corrected chi connectivity index (χ1v) is 6.71. The van der Waals surface area contributed by atoms with E-state index in [0.29, 0.717) is 19.5 Å². The fraction of sp³-hybridized carbons (Fsp3) is 0.714. The molecule has 100 valence electrons. The number of carbonyl (C=O) groups is 2. The van der Waals surface area contributed by atoms with Crippen molar-refractivity contribution in [3.63, 3.8) is 0 Å². The Morgan fingerprint density at radius 1 is 1.33 bits per heavy atom. The predicted octanol–water partition coefficient (Wildman–Crippen LogP) is 2.06. The molecule has 1 amide bonds. The van der Waals surface area contributed by atoms with Gasteiger partial charge in [0, 0.05) is 18.7 Å². The zero-order chi connectivity index (χ0) is 13.3. The number of allylic oxidation sites excluding steroid dienone is 1. The standard InChI is InChI=1S/C14H21NO3/c1-9-4-3-5-11(9)13(16)15-7-6-12(14(17)18)10(2)8-15/h10,12H,3-8H2,1-2H3,(H,17,18). The Morgan fingerprint density at radius 3 is 2.56 bits per heavy atom. The molecule has 2 atom stereocenters. The van der Waals surface area contributed by atoms with Crippen LogP contribution in [-0.4, -0.2) is 35.0 Å². The summed E-state index contributed by atoms with van der Waals surface area (Å²) in [5.41, 5.74) is 2.18. The number of hydrogen-bond acceptors (Lipinski definition) is 2. The minimum Gasteiger partial charge on any atom is -0.481 e. The molecule has 0 aromatic rings. The Kier molecular flexibility index (Phi) is 3.73. The van der Waals surface area contributed by atoms with Gasteiger partial charge in [0.25, 0.3) is 0 Å². The Morgan fingerprint density at radius 2 is 2.06 bits per heavy atom. The van der Waals surface area contributed by atoms with E-state index < -0.39 is 5.97 Å². The number of rotatable bonds is 2. The molecule has 4 heteroatoms. The van der Waals surface area contributed by atoms with Gasteiger partial charge in [-0.1, -0.05) is 12.5 Å². The number of carboxylic acid groups (broad SMARTS) is 1. The lowest BCUT2D eigenvalue weighted by atomic mass is 9.86. The molecule has 0 bridgehead atoms. The molecule has 0 spiro atoms. The fourth-order valence-electron chi connectivity index (χ4n) is 3.07. The number of carbonyl (C=O) groups excluding carboxylic acids is 1. The summed E-state index contributed by atoms with van der Waals surface area (Å²) in [6.45, 7) is 5.12. The monoisotopic (exact) mass is 251 g/mol.